The number of rotatable bonds is 3. The number of hydrogen-bond acceptors (Lipinski definition) is 4. The first-order chi connectivity index (χ1) is 9.40. The monoisotopic (exact) mass is 297 g/mol. The normalized spacial score (nSPS) is 23.6. The molecule has 2 rings (SSSR count). The lowest BCUT2D eigenvalue weighted by molar-refractivity contribution is 0.178. The lowest BCUT2D eigenvalue weighted by Crippen LogP contribution is -2.35. The first kappa shape index (κ1) is 15.5. The van der Waals surface area contributed by atoms with Gasteiger partial charge in [0.1, 0.15) is 16.8 Å². The van der Waals surface area contributed by atoms with Gasteiger partial charge in [0.05, 0.1) is 0 Å². The fraction of sp³-hybridized carbons (Fsp3) is 0.733. The van der Waals surface area contributed by atoms with Crippen LogP contribution in [0.5, 0.6) is 0 Å². The first-order valence-corrected chi connectivity index (χ1v) is 7.70. The Morgan fingerprint density at radius 3 is 2.65 bits per heavy atom. The molecule has 1 fully saturated rings. The second-order valence-corrected chi connectivity index (χ2v) is 7.01. The van der Waals surface area contributed by atoms with E-state index in [0.29, 0.717) is 11.1 Å². The van der Waals surface area contributed by atoms with Crippen molar-refractivity contribution < 1.29 is 5.11 Å². The van der Waals surface area contributed by atoms with Gasteiger partial charge in [0.15, 0.2) is 0 Å². The number of halogens is 1. The third kappa shape index (κ3) is 3.83. The first-order valence-electron chi connectivity index (χ1n) is 7.32. The molecule has 4 nitrogen and oxygen atoms in total. The molecule has 5 heteroatoms. The fourth-order valence-corrected chi connectivity index (χ4v) is 2.82. The number of aliphatic hydroxyl groups is 1. The zero-order valence-electron chi connectivity index (χ0n) is 12.5. The summed E-state index contributed by atoms with van der Waals surface area (Å²) in [6.45, 7) is 6.43. The molecule has 1 saturated carbocycles. The van der Waals surface area contributed by atoms with Crippen molar-refractivity contribution in [1.29, 1.82) is 0 Å². The second-order valence-electron chi connectivity index (χ2n) is 6.63. The van der Waals surface area contributed by atoms with Crippen LogP contribution in [0, 0.1) is 5.92 Å². The van der Waals surface area contributed by atoms with Crippen molar-refractivity contribution in [3.63, 3.8) is 0 Å². The summed E-state index contributed by atoms with van der Waals surface area (Å²) >= 11 is 6.10. The van der Waals surface area contributed by atoms with E-state index in [1.54, 1.807) is 6.07 Å². The van der Waals surface area contributed by atoms with Gasteiger partial charge in [-0.05, 0) is 12.8 Å². The van der Waals surface area contributed by atoms with Crippen molar-refractivity contribution in [2.45, 2.75) is 57.9 Å². The predicted molar refractivity (Wildman–Crippen MR) is 82.2 cm³/mol. The molecule has 0 spiro atoms. The zero-order valence-corrected chi connectivity index (χ0v) is 13.2. The van der Waals surface area contributed by atoms with E-state index >= 15 is 0 Å². The molecular formula is C15H24ClN3O. The standard InChI is InChI=1S/C15H24ClN3O/c1-15(2,3)14-18-12(16)8-13(19-14)17-11-7-5-4-6-10(11)9-20/h8,10-11,20H,4-7,9H2,1-3H3,(H,17,18,19). The molecule has 0 radical (unpaired) electrons. The van der Waals surface area contributed by atoms with Crippen molar-refractivity contribution in [3.05, 3.63) is 17.0 Å². The molecule has 1 aromatic heterocycles. The van der Waals surface area contributed by atoms with E-state index in [4.69, 9.17) is 11.6 Å². The molecule has 0 aliphatic heterocycles. The molecule has 0 bridgehead atoms. The van der Waals surface area contributed by atoms with Crippen LogP contribution >= 0.6 is 11.6 Å². The number of aliphatic hydroxyl groups excluding tert-OH is 1. The van der Waals surface area contributed by atoms with Gasteiger partial charge >= 0.3 is 0 Å². The molecule has 1 aliphatic rings. The minimum atomic E-state index is -0.135. The van der Waals surface area contributed by atoms with Crippen LogP contribution in [0.4, 0.5) is 5.82 Å². The SMILES string of the molecule is CC(C)(C)c1nc(Cl)cc(NC2CCCCC2CO)n1. The summed E-state index contributed by atoms with van der Waals surface area (Å²) in [6, 6.07) is 2.03. The van der Waals surface area contributed by atoms with Crippen LogP contribution in [0.1, 0.15) is 52.3 Å². The van der Waals surface area contributed by atoms with Crippen LogP contribution in [-0.2, 0) is 5.41 Å². The average molecular weight is 298 g/mol. The van der Waals surface area contributed by atoms with Gasteiger partial charge in [-0.3, -0.25) is 0 Å². The Kier molecular flexibility index (Phi) is 4.86. The number of aromatic nitrogens is 2. The van der Waals surface area contributed by atoms with Gasteiger partial charge in [0.25, 0.3) is 0 Å². The molecule has 1 aromatic rings. The third-order valence-electron chi connectivity index (χ3n) is 3.84. The number of nitrogens with one attached hydrogen (secondary N) is 1. The van der Waals surface area contributed by atoms with E-state index in [2.05, 4.69) is 36.1 Å². The largest absolute Gasteiger partial charge is 0.396 e. The van der Waals surface area contributed by atoms with E-state index in [0.717, 1.165) is 24.5 Å². The molecule has 20 heavy (non-hydrogen) atoms. The maximum absolute atomic E-state index is 9.48. The minimum absolute atomic E-state index is 0.135. The van der Waals surface area contributed by atoms with Crippen LogP contribution in [0.25, 0.3) is 0 Å². The third-order valence-corrected chi connectivity index (χ3v) is 4.04. The Bertz CT molecular complexity index is 459. The Labute approximate surface area is 126 Å². The maximum atomic E-state index is 9.48. The summed E-state index contributed by atoms with van der Waals surface area (Å²) < 4.78 is 0. The van der Waals surface area contributed by atoms with Gasteiger partial charge in [-0.1, -0.05) is 45.2 Å². The highest BCUT2D eigenvalue weighted by atomic mass is 35.5. The minimum Gasteiger partial charge on any atom is -0.396 e. The quantitative estimate of drug-likeness (QED) is 0.840. The Balaban J connectivity index is 2.18. The van der Waals surface area contributed by atoms with E-state index in [-0.39, 0.29) is 18.1 Å². The Morgan fingerprint density at radius 2 is 2.00 bits per heavy atom. The molecule has 2 atom stereocenters. The lowest BCUT2D eigenvalue weighted by atomic mass is 9.85. The molecule has 112 valence electrons. The Morgan fingerprint density at radius 1 is 1.30 bits per heavy atom. The van der Waals surface area contributed by atoms with Crippen molar-refractivity contribution >= 4 is 17.4 Å². The summed E-state index contributed by atoms with van der Waals surface area (Å²) in [5.74, 6) is 1.81. The molecule has 2 N–H and O–H groups in total. The molecule has 0 amide bonds. The number of nitrogens with zero attached hydrogens (tertiary/aromatic N) is 2. The van der Waals surface area contributed by atoms with Crippen molar-refractivity contribution in [3.8, 4) is 0 Å². The second kappa shape index (κ2) is 6.27. The average Bonchev–Trinajstić information content (AvgIpc) is 2.37. The van der Waals surface area contributed by atoms with Crippen LogP contribution < -0.4 is 5.32 Å². The lowest BCUT2D eigenvalue weighted by Gasteiger charge is -2.31. The summed E-state index contributed by atoms with van der Waals surface area (Å²) in [6.07, 6.45) is 4.52. The van der Waals surface area contributed by atoms with E-state index in [9.17, 15) is 5.11 Å². The van der Waals surface area contributed by atoms with Gasteiger partial charge in [-0.25, -0.2) is 9.97 Å². The van der Waals surface area contributed by atoms with E-state index in [1.165, 1.54) is 12.8 Å². The smallest absolute Gasteiger partial charge is 0.137 e. The van der Waals surface area contributed by atoms with Crippen molar-refractivity contribution in [1.82, 2.24) is 9.97 Å². The number of anilines is 1. The van der Waals surface area contributed by atoms with Crippen LogP contribution in [0.3, 0.4) is 0 Å². The zero-order chi connectivity index (χ0) is 14.8. The van der Waals surface area contributed by atoms with Gasteiger partial charge in [0, 0.05) is 30.0 Å². The van der Waals surface area contributed by atoms with Crippen LogP contribution in [-0.4, -0.2) is 27.7 Å². The van der Waals surface area contributed by atoms with Gasteiger partial charge in [-0.2, -0.15) is 0 Å². The summed E-state index contributed by atoms with van der Waals surface area (Å²) in [4.78, 5) is 8.88. The van der Waals surface area contributed by atoms with Crippen molar-refractivity contribution in [2.24, 2.45) is 5.92 Å². The highest BCUT2D eigenvalue weighted by Gasteiger charge is 2.25. The topological polar surface area (TPSA) is 58.0 Å². The van der Waals surface area contributed by atoms with Gasteiger partial charge in [-0.15, -0.1) is 0 Å². The highest BCUT2D eigenvalue weighted by Crippen LogP contribution is 2.28. The molecule has 2 unspecified atom stereocenters. The summed E-state index contributed by atoms with van der Waals surface area (Å²) in [5.41, 5.74) is -0.135. The molecule has 0 saturated heterocycles. The number of hydrogen-bond donors (Lipinski definition) is 2. The highest BCUT2D eigenvalue weighted by molar-refractivity contribution is 6.29. The van der Waals surface area contributed by atoms with Crippen LogP contribution in [0.2, 0.25) is 5.15 Å². The molecule has 0 aromatic carbocycles. The fourth-order valence-electron chi connectivity index (χ4n) is 2.63. The summed E-state index contributed by atoms with van der Waals surface area (Å²) in [5, 5.41) is 13.4. The van der Waals surface area contributed by atoms with E-state index < -0.39 is 0 Å². The van der Waals surface area contributed by atoms with Gasteiger partial charge in [0.2, 0.25) is 0 Å². The molecule has 1 heterocycles. The summed E-state index contributed by atoms with van der Waals surface area (Å²) in [7, 11) is 0. The van der Waals surface area contributed by atoms with Gasteiger partial charge < -0.3 is 10.4 Å². The predicted octanol–water partition coefficient (Wildman–Crippen LogP) is 3.39. The molecule has 1 aliphatic carbocycles. The Hall–Kier alpha value is -0.870. The maximum Gasteiger partial charge on any atom is 0.137 e. The molecular weight excluding hydrogens is 274 g/mol. The van der Waals surface area contributed by atoms with Crippen molar-refractivity contribution in [2.75, 3.05) is 11.9 Å². The van der Waals surface area contributed by atoms with Crippen LogP contribution in [0.15, 0.2) is 6.07 Å². The van der Waals surface area contributed by atoms with E-state index in [1.807, 2.05) is 0 Å².